The summed E-state index contributed by atoms with van der Waals surface area (Å²) in [7, 11) is 0. The zero-order valence-corrected chi connectivity index (χ0v) is 10.2. The van der Waals surface area contributed by atoms with Crippen molar-refractivity contribution in [3.63, 3.8) is 0 Å². The van der Waals surface area contributed by atoms with Gasteiger partial charge in [-0.3, -0.25) is 0 Å². The summed E-state index contributed by atoms with van der Waals surface area (Å²) in [5.41, 5.74) is 1.47. The summed E-state index contributed by atoms with van der Waals surface area (Å²) >= 11 is 0. The van der Waals surface area contributed by atoms with Crippen LogP contribution >= 0.6 is 0 Å². The number of hydrogen-bond acceptors (Lipinski definition) is 0. The highest BCUT2D eigenvalue weighted by Gasteiger charge is 1.98. The Bertz CT molecular complexity index is 454. The Balaban J connectivity index is 2.08. The molecule has 0 nitrogen and oxygen atoms in total. The number of hydrogen-bond donors (Lipinski definition) is 0. The monoisotopic (exact) mass is 212 g/mol. The molecule has 2 aromatic carbocycles. The van der Waals surface area contributed by atoms with Gasteiger partial charge in [0, 0.05) is 0 Å². The molecule has 0 spiro atoms. The molecule has 84 valence electrons. The van der Waals surface area contributed by atoms with Crippen molar-refractivity contribution >= 4 is 10.8 Å². The van der Waals surface area contributed by atoms with Crippen LogP contribution in [0.5, 0.6) is 0 Å². The molecule has 0 aromatic heterocycles. The van der Waals surface area contributed by atoms with Gasteiger partial charge in [0.15, 0.2) is 0 Å². The minimum absolute atomic E-state index is 0.820. The van der Waals surface area contributed by atoms with Gasteiger partial charge in [0.25, 0.3) is 0 Å². The summed E-state index contributed by atoms with van der Waals surface area (Å²) < 4.78 is 0. The largest absolute Gasteiger partial charge is 0.0628 e. The second-order valence-electron chi connectivity index (χ2n) is 4.97. The van der Waals surface area contributed by atoms with E-state index >= 15 is 0 Å². The molecule has 0 aliphatic carbocycles. The lowest BCUT2D eigenvalue weighted by Gasteiger charge is -2.05. The van der Waals surface area contributed by atoms with E-state index in [9.17, 15) is 0 Å². The fourth-order valence-corrected chi connectivity index (χ4v) is 2.11. The van der Waals surface area contributed by atoms with Crippen molar-refractivity contribution in [2.45, 2.75) is 33.1 Å². The summed E-state index contributed by atoms with van der Waals surface area (Å²) in [5, 5.41) is 2.71. The first-order valence-electron chi connectivity index (χ1n) is 6.23. The fraction of sp³-hybridized carbons (Fsp3) is 0.375. The van der Waals surface area contributed by atoms with Crippen molar-refractivity contribution in [3.8, 4) is 0 Å². The zero-order valence-electron chi connectivity index (χ0n) is 10.2. The molecular formula is C16H20. The van der Waals surface area contributed by atoms with Gasteiger partial charge in [-0.1, -0.05) is 62.7 Å². The predicted octanol–water partition coefficient (Wildman–Crippen LogP) is 4.82. The van der Waals surface area contributed by atoms with Crippen molar-refractivity contribution in [2.24, 2.45) is 5.92 Å². The van der Waals surface area contributed by atoms with Crippen molar-refractivity contribution in [1.29, 1.82) is 0 Å². The molecule has 0 heterocycles. The van der Waals surface area contributed by atoms with Gasteiger partial charge in [0.1, 0.15) is 0 Å². The molecule has 0 bridgehead atoms. The van der Waals surface area contributed by atoms with Crippen molar-refractivity contribution < 1.29 is 0 Å². The van der Waals surface area contributed by atoms with E-state index in [2.05, 4.69) is 56.3 Å². The standard InChI is InChI=1S/C16H20/c1-13(2)6-5-7-14-10-11-15-8-3-4-9-16(15)12-14/h3-4,8-13H,5-7H2,1-2H3. The molecule has 0 unspecified atom stereocenters. The van der Waals surface area contributed by atoms with Crippen LogP contribution < -0.4 is 0 Å². The van der Waals surface area contributed by atoms with Crippen LogP contribution in [0.25, 0.3) is 10.8 Å². The second kappa shape index (κ2) is 5.16. The van der Waals surface area contributed by atoms with Gasteiger partial charge < -0.3 is 0 Å². The highest BCUT2D eigenvalue weighted by molar-refractivity contribution is 5.82. The smallest absolute Gasteiger partial charge is 0.0181 e. The molecule has 2 aromatic rings. The zero-order chi connectivity index (χ0) is 11.4. The van der Waals surface area contributed by atoms with Crippen molar-refractivity contribution in [3.05, 3.63) is 48.0 Å². The molecule has 0 saturated heterocycles. The van der Waals surface area contributed by atoms with Crippen LogP contribution in [0.2, 0.25) is 0 Å². The normalized spacial score (nSPS) is 11.2. The van der Waals surface area contributed by atoms with Gasteiger partial charge in [-0.05, 0) is 35.1 Å². The SMILES string of the molecule is CC(C)CCCc1ccc2ccccc2c1. The van der Waals surface area contributed by atoms with Crippen LogP contribution in [0.1, 0.15) is 32.3 Å². The molecule has 0 aliphatic heterocycles. The summed E-state index contributed by atoms with van der Waals surface area (Å²) in [6.45, 7) is 4.58. The maximum atomic E-state index is 2.33. The molecule has 0 aliphatic rings. The summed E-state index contributed by atoms with van der Waals surface area (Å²) in [5.74, 6) is 0.820. The van der Waals surface area contributed by atoms with Gasteiger partial charge in [-0.15, -0.1) is 0 Å². The molecule has 2 rings (SSSR count). The minimum Gasteiger partial charge on any atom is -0.0628 e. The van der Waals surface area contributed by atoms with E-state index < -0.39 is 0 Å². The van der Waals surface area contributed by atoms with Crippen molar-refractivity contribution in [2.75, 3.05) is 0 Å². The molecule has 0 heteroatoms. The Labute approximate surface area is 98.3 Å². The van der Waals surface area contributed by atoms with Crippen LogP contribution in [0, 0.1) is 5.92 Å². The van der Waals surface area contributed by atoms with Crippen LogP contribution in [-0.4, -0.2) is 0 Å². The predicted molar refractivity (Wildman–Crippen MR) is 71.7 cm³/mol. The van der Waals surface area contributed by atoms with E-state index in [0.717, 1.165) is 5.92 Å². The van der Waals surface area contributed by atoms with Gasteiger partial charge >= 0.3 is 0 Å². The first-order chi connectivity index (χ1) is 7.75. The third-order valence-corrected chi connectivity index (χ3v) is 3.06. The molecule has 0 N–H and O–H groups in total. The molecule has 16 heavy (non-hydrogen) atoms. The Morgan fingerprint density at radius 3 is 2.44 bits per heavy atom. The second-order valence-corrected chi connectivity index (χ2v) is 4.97. The third-order valence-electron chi connectivity index (χ3n) is 3.06. The molecule has 0 radical (unpaired) electrons. The van der Waals surface area contributed by atoms with Crippen LogP contribution in [-0.2, 0) is 6.42 Å². The highest BCUT2D eigenvalue weighted by Crippen LogP contribution is 2.17. The Morgan fingerprint density at radius 2 is 1.69 bits per heavy atom. The molecule has 0 fully saturated rings. The number of aryl methyl sites for hydroxylation is 1. The Kier molecular flexibility index (Phi) is 3.61. The molecule has 0 saturated carbocycles. The summed E-state index contributed by atoms with van der Waals surface area (Å²) in [6, 6.07) is 15.4. The maximum Gasteiger partial charge on any atom is -0.0181 e. The van der Waals surface area contributed by atoms with E-state index in [4.69, 9.17) is 0 Å². The lowest BCUT2D eigenvalue weighted by atomic mass is 10.0. The van der Waals surface area contributed by atoms with Gasteiger partial charge in [0.05, 0.1) is 0 Å². The van der Waals surface area contributed by atoms with Crippen LogP contribution in [0.3, 0.4) is 0 Å². The first-order valence-corrected chi connectivity index (χ1v) is 6.23. The topological polar surface area (TPSA) is 0 Å². The van der Waals surface area contributed by atoms with Gasteiger partial charge in [-0.2, -0.15) is 0 Å². The van der Waals surface area contributed by atoms with Gasteiger partial charge in [0.2, 0.25) is 0 Å². The Morgan fingerprint density at radius 1 is 0.938 bits per heavy atom. The van der Waals surface area contributed by atoms with E-state index in [-0.39, 0.29) is 0 Å². The third kappa shape index (κ3) is 2.85. The quantitative estimate of drug-likeness (QED) is 0.681. The van der Waals surface area contributed by atoms with Gasteiger partial charge in [-0.25, -0.2) is 0 Å². The maximum absolute atomic E-state index is 2.33. The van der Waals surface area contributed by atoms with Crippen LogP contribution in [0.4, 0.5) is 0 Å². The molecule has 0 atom stereocenters. The van der Waals surface area contributed by atoms with E-state index in [1.54, 1.807) is 0 Å². The van der Waals surface area contributed by atoms with Crippen LogP contribution in [0.15, 0.2) is 42.5 Å². The fourth-order valence-electron chi connectivity index (χ4n) is 2.11. The molecule has 0 amide bonds. The number of fused-ring (bicyclic) bond motifs is 1. The summed E-state index contributed by atoms with van der Waals surface area (Å²) in [4.78, 5) is 0. The first kappa shape index (κ1) is 11.2. The average Bonchev–Trinajstić information content (AvgIpc) is 2.28. The van der Waals surface area contributed by atoms with Crippen molar-refractivity contribution in [1.82, 2.24) is 0 Å². The van der Waals surface area contributed by atoms with E-state index in [0.29, 0.717) is 0 Å². The molecular weight excluding hydrogens is 192 g/mol. The lowest BCUT2D eigenvalue weighted by Crippen LogP contribution is -1.90. The average molecular weight is 212 g/mol. The lowest BCUT2D eigenvalue weighted by molar-refractivity contribution is 0.556. The minimum atomic E-state index is 0.820. The Hall–Kier alpha value is -1.30. The number of benzene rings is 2. The highest BCUT2D eigenvalue weighted by atomic mass is 14.0. The van der Waals surface area contributed by atoms with E-state index in [1.807, 2.05) is 0 Å². The number of rotatable bonds is 4. The van der Waals surface area contributed by atoms with E-state index in [1.165, 1.54) is 35.6 Å². The summed E-state index contributed by atoms with van der Waals surface area (Å²) in [6.07, 6.45) is 3.84.